The highest BCUT2D eigenvalue weighted by Crippen LogP contribution is 2.28. The van der Waals surface area contributed by atoms with Gasteiger partial charge in [-0.3, -0.25) is 0 Å². The van der Waals surface area contributed by atoms with Crippen molar-refractivity contribution in [2.75, 3.05) is 13.1 Å². The molecule has 2 rings (SSSR count). The molecule has 3 heteroatoms. The fourth-order valence-corrected chi connectivity index (χ4v) is 2.41. The monoisotopic (exact) mass is 237 g/mol. The van der Waals surface area contributed by atoms with Crippen LogP contribution in [0.4, 0.5) is 4.39 Å². The van der Waals surface area contributed by atoms with E-state index in [0.29, 0.717) is 17.2 Å². The maximum Gasteiger partial charge on any atom is 0.122 e. The van der Waals surface area contributed by atoms with Crippen LogP contribution in [0.3, 0.4) is 0 Å². The molecule has 0 spiro atoms. The maximum atomic E-state index is 13.2. The number of alkyl halides is 1. The number of halogens is 1. The first-order chi connectivity index (χ1) is 8.16. The van der Waals surface area contributed by atoms with Gasteiger partial charge in [-0.2, -0.15) is 0 Å². The Labute approximate surface area is 102 Å². The lowest BCUT2D eigenvalue weighted by atomic mass is 9.90. The SMILES string of the molecule is CC(F)c1ccc(O)c(CC2CCNCC2)c1. The fraction of sp³-hybridized carbons (Fsp3) is 0.571. The number of hydrogen-bond donors (Lipinski definition) is 2. The first-order valence-corrected chi connectivity index (χ1v) is 6.33. The predicted octanol–water partition coefficient (Wildman–Crippen LogP) is 2.96. The van der Waals surface area contributed by atoms with E-state index in [1.165, 1.54) is 6.92 Å². The number of aromatic hydroxyl groups is 1. The fourth-order valence-electron chi connectivity index (χ4n) is 2.41. The second-order valence-corrected chi connectivity index (χ2v) is 4.90. The summed E-state index contributed by atoms with van der Waals surface area (Å²) in [5.41, 5.74) is 1.55. The van der Waals surface area contributed by atoms with E-state index in [0.717, 1.165) is 37.9 Å². The Bertz CT molecular complexity index is 372. The summed E-state index contributed by atoms with van der Waals surface area (Å²) >= 11 is 0. The lowest BCUT2D eigenvalue weighted by Crippen LogP contribution is -2.28. The standard InChI is InChI=1S/C14H20FNO/c1-10(15)12-2-3-14(17)13(9-12)8-11-4-6-16-7-5-11/h2-3,9-11,16-17H,4-8H2,1H3. The lowest BCUT2D eigenvalue weighted by molar-refractivity contribution is 0.361. The normalized spacial score (nSPS) is 19.2. The van der Waals surface area contributed by atoms with Gasteiger partial charge in [-0.15, -0.1) is 0 Å². The van der Waals surface area contributed by atoms with E-state index in [1.54, 1.807) is 12.1 Å². The highest BCUT2D eigenvalue weighted by molar-refractivity contribution is 5.37. The Kier molecular flexibility index (Phi) is 4.00. The van der Waals surface area contributed by atoms with Gasteiger partial charge in [-0.25, -0.2) is 4.39 Å². The minimum Gasteiger partial charge on any atom is -0.508 e. The van der Waals surface area contributed by atoms with Crippen molar-refractivity contribution in [2.24, 2.45) is 5.92 Å². The average molecular weight is 237 g/mol. The molecule has 1 aliphatic heterocycles. The highest BCUT2D eigenvalue weighted by Gasteiger charge is 2.16. The third kappa shape index (κ3) is 3.19. The summed E-state index contributed by atoms with van der Waals surface area (Å²) in [6, 6.07) is 5.08. The molecule has 0 amide bonds. The third-order valence-corrected chi connectivity index (χ3v) is 3.53. The second kappa shape index (κ2) is 5.50. The van der Waals surface area contributed by atoms with Crippen LogP contribution < -0.4 is 5.32 Å². The summed E-state index contributed by atoms with van der Waals surface area (Å²) in [5.74, 6) is 0.903. The summed E-state index contributed by atoms with van der Waals surface area (Å²) < 4.78 is 13.2. The van der Waals surface area contributed by atoms with Crippen molar-refractivity contribution in [2.45, 2.75) is 32.4 Å². The highest BCUT2D eigenvalue weighted by atomic mass is 19.1. The van der Waals surface area contributed by atoms with Crippen LogP contribution in [0.15, 0.2) is 18.2 Å². The first kappa shape index (κ1) is 12.4. The first-order valence-electron chi connectivity index (χ1n) is 6.33. The molecule has 0 aliphatic carbocycles. The van der Waals surface area contributed by atoms with Crippen molar-refractivity contribution in [3.63, 3.8) is 0 Å². The molecular weight excluding hydrogens is 217 g/mol. The van der Waals surface area contributed by atoms with Crippen LogP contribution in [-0.2, 0) is 6.42 Å². The van der Waals surface area contributed by atoms with Crippen LogP contribution in [0.5, 0.6) is 5.75 Å². The Hall–Kier alpha value is -1.09. The van der Waals surface area contributed by atoms with Crippen molar-refractivity contribution in [3.05, 3.63) is 29.3 Å². The molecule has 94 valence electrons. The molecule has 1 fully saturated rings. The van der Waals surface area contributed by atoms with Crippen LogP contribution >= 0.6 is 0 Å². The minimum absolute atomic E-state index is 0.299. The summed E-state index contributed by atoms with van der Waals surface area (Å²) in [5, 5.41) is 13.1. The molecule has 0 saturated carbocycles. The molecule has 1 saturated heterocycles. The number of hydrogen-bond acceptors (Lipinski definition) is 2. The van der Waals surface area contributed by atoms with E-state index >= 15 is 0 Å². The Morgan fingerprint density at radius 3 is 2.76 bits per heavy atom. The molecular formula is C14H20FNO. The van der Waals surface area contributed by atoms with Gasteiger partial charge in [0.2, 0.25) is 0 Å². The van der Waals surface area contributed by atoms with Crippen molar-refractivity contribution >= 4 is 0 Å². The van der Waals surface area contributed by atoms with Gasteiger partial charge in [-0.1, -0.05) is 6.07 Å². The Balaban J connectivity index is 2.10. The van der Waals surface area contributed by atoms with Crippen LogP contribution in [0, 0.1) is 5.92 Å². The van der Waals surface area contributed by atoms with Crippen LogP contribution in [0.1, 0.15) is 37.1 Å². The summed E-state index contributed by atoms with van der Waals surface area (Å²) in [4.78, 5) is 0. The topological polar surface area (TPSA) is 32.3 Å². The zero-order valence-electron chi connectivity index (χ0n) is 10.2. The van der Waals surface area contributed by atoms with Crippen molar-refractivity contribution in [3.8, 4) is 5.75 Å². The molecule has 1 aromatic carbocycles. The molecule has 1 heterocycles. The number of rotatable bonds is 3. The van der Waals surface area contributed by atoms with Gasteiger partial charge in [0.1, 0.15) is 11.9 Å². The number of phenols is 1. The number of phenolic OH excluding ortho intramolecular Hbond substituents is 1. The van der Waals surface area contributed by atoms with Crippen LogP contribution in [0.2, 0.25) is 0 Å². The molecule has 0 radical (unpaired) electrons. The van der Waals surface area contributed by atoms with Gasteiger partial charge in [0.25, 0.3) is 0 Å². The average Bonchev–Trinajstić information content (AvgIpc) is 2.33. The second-order valence-electron chi connectivity index (χ2n) is 4.90. The zero-order chi connectivity index (χ0) is 12.3. The molecule has 1 aliphatic rings. The van der Waals surface area contributed by atoms with Gasteiger partial charge < -0.3 is 10.4 Å². The van der Waals surface area contributed by atoms with Gasteiger partial charge in [0.05, 0.1) is 0 Å². The molecule has 1 aromatic rings. The van der Waals surface area contributed by atoms with E-state index in [-0.39, 0.29) is 0 Å². The summed E-state index contributed by atoms with van der Waals surface area (Å²) in [7, 11) is 0. The smallest absolute Gasteiger partial charge is 0.122 e. The van der Waals surface area contributed by atoms with E-state index < -0.39 is 6.17 Å². The molecule has 2 nitrogen and oxygen atoms in total. The van der Waals surface area contributed by atoms with Gasteiger partial charge in [0, 0.05) is 0 Å². The van der Waals surface area contributed by atoms with E-state index in [9.17, 15) is 9.50 Å². The quantitative estimate of drug-likeness (QED) is 0.847. The van der Waals surface area contributed by atoms with E-state index in [4.69, 9.17) is 0 Å². The minimum atomic E-state index is -0.970. The van der Waals surface area contributed by atoms with Crippen molar-refractivity contribution in [1.82, 2.24) is 5.32 Å². The van der Waals surface area contributed by atoms with Crippen molar-refractivity contribution in [1.29, 1.82) is 0 Å². The molecule has 2 N–H and O–H groups in total. The van der Waals surface area contributed by atoms with Crippen molar-refractivity contribution < 1.29 is 9.50 Å². The van der Waals surface area contributed by atoms with E-state index in [1.807, 2.05) is 6.07 Å². The zero-order valence-corrected chi connectivity index (χ0v) is 10.2. The molecule has 17 heavy (non-hydrogen) atoms. The summed E-state index contributed by atoms with van der Waals surface area (Å²) in [6.45, 7) is 3.62. The van der Waals surface area contributed by atoms with Gasteiger partial charge in [0.15, 0.2) is 0 Å². The lowest BCUT2D eigenvalue weighted by Gasteiger charge is -2.23. The van der Waals surface area contributed by atoms with Gasteiger partial charge in [-0.05, 0) is 68.5 Å². The molecule has 0 bridgehead atoms. The number of piperidine rings is 1. The number of nitrogens with one attached hydrogen (secondary N) is 1. The van der Waals surface area contributed by atoms with E-state index in [2.05, 4.69) is 5.32 Å². The largest absolute Gasteiger partial charge is 0.508 e. The Morgan fingerprint density at radius 1 is 1.41 bits per heavy atom. The summed E-state index contributed by atoms with van der Waals surface area (Å²) in [6.07, 6.45) is 2.15. The third-order valence-electron chi connectivity index (χ3n) is 3.53. The molecule has 1 atom stereocenters. The molecule has 1 unspecified atom stereocenters. The van der Waals surface area contributed by atoms with Gasteiger partial charge >= 0.3 is 0 Å². The maximum absolute atomic E-state index is 13.2. The predicted molar refractivity (Wildman–Crippen MR) is 66.9 cm³/mol. The van der Waals surface area contributed by atoms with Crippen LogP contribution in [-0.4, -0.2) is 18.2 Å². The Morgan fingerprint density at radius 2 is 2.12 bits per heavy atom. The molecule has 0 aromatic heterocycles. The van der Waals surface area contributed by atoms with Crippen LogP contribution in [0.25, 0.3) is 0 Å². The number of benzene rings is 1.